The molecule has 0 aromatic rings. The highest BCUT2D eigenvalue weighted by Gasteiger charge is 2.09. The van der Waals surface area contributed by atoms with E-state index < -0.39 is 0 Å². The van der Waals surface area contributed by atoms with E-state index >= 15 is 0 Å². The van der Waals surface area contributed by atoms with Crippen LogP contribution in [0, 0.1) is 0 Å². The number of rotatable bonds is 8. The van der Waals surface area contributed by atoms with Crippen LogP contribution in [0.1, 0.15) is 41.5 Å². The van der Waals surface area contributed by atoms with Gasteiger partial charge in [0.1, 0.15) is 0 Å². The first kappa shape index (κ1) is 15.9. The summed E-state index contributed by atoms with van der Waals surface area (Å²) >= 11 is 0. The predicted molar refractivity (Wildman–Crippen MR) is 73.0 cm³/mol. The van der Waals surface area contributed by atoms with E-state index in [9.17, 15) is 0 Å². The molecule has 0 saturated carbocycles. The molecule has 98 valence electrons. The van der Waals surface area contributed by atoms with Crippen molar-refractivity contribution in [3.05, 3.63) is 0 Å². The van der Waals surface area contributed by atoms with Crippen molar-refractivity contribution < 1.29 is 0 Å². The molecule has 0 heterocycles. The minimum Gasteiger partial charge on any atom is -0.313 e. The van der Waals surface area contributed by atoms with E-state index in [0.29, 0.717) is 6.04 Å². The molecule has 0 aliphatic heterocycles. The molecule has 2 N–H and O–H groups in total. The van der Waals surface area contributed by atoms with Crippen LogP contribution in [-0.4, -0.2) is 49.2 Å². The lowest BCUT2D eigenvalue weighted by molar-refractivity contribution is 0.270. The van der Waals surface area contributed by atoms with Gasteiger partial charge in [-0.1, -0.05) is 20.8 Å². The fourth-order valence-corrected chi connectivity index (χ4v) is 1.53. The largest absolute Gasteiger partial charge is 0.313 e. The Morgan fingerprint density at radius 1 is 1.06 bits per heavy atom. The van der Waals surface area contributed by atoms with E-state index in [-0.39, 0.29) is 5.54 Å². The van der Waals surface area contributed by atoms with Crippen LogP contribution in [0.3, 0.4) is 0 Å². The van der Waals surface area contributed by atoms with Gasteiger partial charge in [-0.3, -0.25) is 0 Å². The summed E-state index contributed by atoms with van der Waals surface area (Å²) in [5.41, 5.74) is 0.232. The summed E-state index contributed by atoms with van der Waals surface area (Å²) in [6, 6.07) is 0.589. The number of hydrogen-bond acceptors (Lipinski definition) is 3. The SMILES string of the molecule is CCN(CCNC(C)C)CCNC(C)(C)C. The Morgan fingerprint density at radius 3 is 2.06 bits per heavy atom. The van der Waals surface area contributed by atoms with E-state index in [0.717, 1.165) is 32.7 Å². The first-order valence-electron chi connectivity index (χ1n) is 6.56. The van der Waals surface area contributed by atoms with Gasteiger partial charge in [-0.15, -0.1) is 0 Å². The molecule has 3 heteroatoms. The smallest absolute Gasteiger partial charge is 0.0107 e. The summed E-state index contributed by atoms with van der Waals surface area (Å²) in [5.74, 6) is 0. The van der Waals surface area contributed by atoms with Crippen molar-refractivity contribution in [1.82, 2.24) is 15.5 Å². The maximum absolute atomic E-state index is 3.52. The Kier molecular flexibility index (Phi) is 7.98. The quantitative estimate of drug-likeness (QED) is 0.663. The molecule has 0 spiro atoms. The van der Waals surface area contributed by atoms with Crippen molar-refractivity contribution in [2.75, 3.05) is 32.7 Å². The third-order valence-electron chi connectivity index (χ3n) is 2.51. The zero-order chi connectivity index (χ0) is 12.6. The molecular formula is C13H31N3. The van der Waals surface area contributed by atoms with Crippen LogP contribution >= 0.6 is 0 Å². The van der Waals surface area contributed by atoms with Gasteiger partial charge in [-0.05, 0) is 27.3 Å². The normalized spacial score (nSPS) is 12.8. The number of hydrogen-bond donors (Lipinski definition) is 2. The molecule has 16 heavy (non-hydrogen) atoms. The molecule has 3 nitrogen and oxygen atoms in total. The summed E-state index contributed by atoms with van der Waals surface area (Å²) in [5, 5.41) is 6.98. The lowest BCUT2D eigenvalue weighted by atomic mass is 10.1. The topological polar surface area (TPSA) is 27.3 Å². The van der Waals surface area contributed by atoms with E-state index in [4.69, 9.17) is 0 Å². The minimum absolute atomic E-state index is 0.232. The van der Waals surface area contributed by atoms with E-state index in [2.05, 4.69) is 57.1 Å². The van der Waals surface area contributed by atoms with Gasteiger partial charge in [-0.2, -0.15) is 0 Å². The Hall–Kier alpha value is -0.120. The van der Waals surface area contributed by atoms with Crippen molar-refractivity contribution in [2.24, 2.45) is 0 Å². The van der Waals surface area contributed by atoms with Crippen molar-refractivity contribution in [3.8, 4) is 0 Å². The fourth-order valence-electron chi connectivity index (χ4n) is 1.53. The Morgan fingerprint density at radius 2 is 1.62 bits per heavy atom. The fraction of sp³-hybridized carbons (Fsp3) is 1.00. The van der Waals surface area contributed by atoms with Crippen molar-refractivity contribution in [1.29, 1.82) is 0 Å². The van der Waals surface area contributed by atoms with Crippen LogP contribution in [0.2, 0.25) is 0 Å². The molecule has 0 bridgehead atoms. The maximum atomic E-state index is 3.52. The first-order chi connectivity index (χ1) is 7.35. The zero-order valence-corrected chi connectivity index (χ0v) is 12.1. The molecule has 0 aromatic heterocycles. The Bertz CT molecular complexity index is 161. The number of likely N-dealkylation sites (N-methyl/N-ethyl adjacent to an activating group) is 1. The maximum Gasteiger partial charge on any atom is 0.0107 e. The van der Waals surface area contributed by atoms with Gasteiger partial charge in [0.25, 0.3) is 0 Å². The molecule has 0 amide bonds. The van der Waals surface area contributed by atoms with Crippen LogP contribution < -0.4 is 10.6 Å². The lowest BCUT2D eigenvalue weighted by Crippen LogP contribution is -2.43. The molecule has 0 aliphatic carbocycles. The minimum atomic E-state index is 0.232. The van der Waals surface area contributed by atoms with Gasteiger partial charge in [0, 0.05) is 37.8 Å². The summed E-state index contributed by atoms with van der Waals surface area (Å²) in [4.78, 5) is 2.48. The van der Waals surface area contributed by atoms with Crippen LogP contribution in [0.5, 0.6) is 0 Å². The second-order valence-electron chi connectivity index (χ2n) is 5.72. The summed E-state index contributed by atoms with van der Waals surface area (Å²) in [7, 11) is 0. The molecule has 0 fully saturated rings. The highest BCUT2D eigenvalue weighted by molar-refractivity contribution is 4.71. The van der Waals surface area contributed by atoms with Crippen molar-refractivity contribution in [2.45, 2.75) is 53.1 Å². The molecule has 0 unspecified atom stereocenters. The summed E-state index contributed by atoms with van der Waals surface area (Å²) < 4.78 is 0. The highest BCUT2D eigenvalue weighted by Crippen LogP contribution is 1.97. The molecule has 0 rings (SSSR count). The van der Waals surface area contributed by atoms with Gasteiger partial charge in [0.05, 0.1) is 0 Å². The Labute approximate surface area is 102 Å². The number of nitrogens with one attached hydrogen (secondary N) is 2. The van der Waals surface area contributed by atoms with Gasteiger partial charge in [-0.25, -0.2) is 0 Å². The summed E-state index contributed by atoms with van der Waals surface area (Å²) in [6.07, 6.45) is 0. The third-order valence-corrected chi connectivity index (χ3v) is 2.51. The summed E-state index contributed by atoms with van der Waals surface area (Å²) in [6.45, 7) is 18.8. The third kappa shape index (κ3) is 10.4. The van der Waals surface area contributed by atoms with Gasteiger partial charge < -0.3 is 15.5 Å². The molecule has 0 saturated heterocycles. The average Bonchev–Trinajstić information content (AvgIpc) is 2.13. The molecule has 0 aromatic carbocycles. The second-order valence-corrected chi connectivity index (χ2v) is 5.72. The van der Waals surface area contributed by atoms with E-state index in [1.807, 2.05) is 0 Å². The van der Waals surface area contributed by atoms with Crippen LogP contribution in [0.4, 0.5) is 0 Å². The van der Waals surface area contributed by atoms with Gasteiger partial charge in [0.15, 0.2) is 0 Å². The molecule has 0 aliphatic rings. The van der Waals surface area contributed by atoms with Gasteiger partial charge >= 0.3 is 0 Å². The van der Waals surface area contributed by atoms with Crippen LogP contribution in [-0.2, 0) is 0 Å². The highest BCUT2D eigenvalue weighted by atomic mass is 15.2. The van der Waals surface area contributed by atoms with E-state index in [1.165, 1.54) is 0 Å². The predicted octanol–water partition coefficient (Wildman–Crippen LogP) is 1.69. The number of nitrogens with zero attached hydrogens (tertiary/aromatic N) is 1. The monoisotopic (exact) mass is 229 g/mol. The Balaban J connectivity index is 3.59. The lowest BCUT2D eigenvalue weighted by Gasteiger charge is -2.25. The van der Waals surface area contributed by atoms with Crippen molar-refractivity contribution in [3.63, 3.8) is 0 Å². The molecule has 0 atom stereocenters. The van der Waals surface area contributed by atoms with Crippen LogP contribution in [0.15, 0.2) is 0 Å². The average molecular weight is 229 g/mol. The first-order valence-corrected chi connectivity index (χ1v) is 6.56. The molecular weight excluding hydrogens is 198 g/mol. The van der Waals surface area contributed by atoms with E-state index in [1.54, 1.807) is 0 Å². The van der Waals surface area contributed by atoms with Crippen LogP contribution in [0.25, 0.3) is 0 Å². The zero-order valence-electron chi connectivity index (χ0n) is 12.1. The second kappa shape index (κ2) is 8.04. The molecule has 0 radical (unpaired) electrons. The van der Waals surface area contributed by atoms with Gasteiger partial charge in [0.2, 0.25) is 0 Å². The standard InChI is InChI=1S/C13H31N3/c1-7-16(10-8-14-12(2)3)11-9-15-13(4,5)6/h12,14-15H,7-11H2,1-6H3. The van der Waals surface area contributed by atoms with Crippen molar-refractivity contribution >= 4 is 0 Å².